The number of rotatable bonds is 4. The van der Waals surface area contributed by atoms with E-state index in [0.717, 1.165) is 35.1 Å². The zero-order chi connectivity index (χ0) is 15.6. The van der Waals surface area contributed by atoms with Crippen molar-refractivity contribution in [3.63, 3.8) is 0 Å². The van der Waals surface area contributed by atoms with E-state index in [1.807, 2.05) is 16.8 Å². The minimum absolute atomic E-state index is 0.252. The van der Waals surface area contributed by atoms with Crippen LogP contribution in [0.15, 0.2) is 46.3 Å². The number of hydrogen-bond donors (Lipinski definition) is 0. The van der Waals surface area contributed by atoms with E-state index in [1.165, 1.54) is 30.5 Å². The molecule has 0 fully saturated rings. The van der Waals surface area contributed by atoms with Crippen molar-refractivity contribution in [3.05, 3.63) is 59.5 Å². The number of imidazole rings is 1. The summed E-state index contributed by atoms with van der Waals surface area (Å²) in [5.74, 6) is 1.50. The van der Waals surface area contributed by atoms with Gasteiger partial charge in [0.25, 0.3) is 0 Å². The summed E-state index contributed by atoms with van der Waals surface area (Å²) < 4.78 is 20.8. The molecular weight excluding hydrogens is 313 g/mol. The molecule has 0 N–H and O–H groups in total. The molecule has 1 aromatic carbocycles. The van der Waals surface area contributed by atoms with E-state index in [-0.39, 0.29) is 5.82 Å². The molecule has 0 saturated carbocycles. The van der Waals surface area contributed by atoms with Gasteiger partial charge in [0.15, 0.2) is 5.16 Å². The number of fused-ring (bicyclic) bond motifs is 1. The summed E-state index contributed by atoms with van der Waals surface area (Å²) in [4.78, 5) is 4.38. The summed E-state index contributed by atoms with van der Waals surface area (Å²) >= 11 is 1.59. The molecule has 118 valence electrons. The molecule has 0 aliphatic heterocycles. The van der Waals surface area contributed by atoms with E-state index < -0.39 is 0 Å². The third-order valence-corrected chi connectivity index (χ3v) is 5.04. The number of thioether (sulfide) groups is 1. The Bertz CT molecular complexity index is 827. The lowest BCUT2D eigenvalue weighted by Gasteiger charge is -2.09. The lowest BCUT2D eigenvalue weighted by atomic mass is 9.97. The van der Waals surface area contributed by atoms with Gasteiger partial charge >= 0.3 is 0 Å². The van der Waals surface area contributed by atoms with Crippen LogP contribution in [-0.2, 0) is 18.6 Å². The van der Waals surface area contributed by atoms with Gasteiger partial charge in [0.05, 0.1) is 11.4 Å². The second-order valence-corrected chi connectivity index (χ2v) is 6.53. The molecule has 23 heavy (non-hydrogen) atoms. The second kappa shape index (κ2) is 6.20. The summed E-state index contributed by atoms with van der Waals surface area (Å²) in [7, 11) is 0. The normalized spacial score (nSPS) is 14.0. The first-order valence-electron chi connectivity index (χ1n) is 7.69. The fourth-order valence-electron chi connectivity index (χ4n) is 2.91. The van der Waals surface area contributed by atoms with Crippen LogP contribution in [0.3, 0.4) is 0 Å². The minimum atomic E-state index is -0.252. The highest BCUT2D eigenvalue weighted by Gasteiger charge is 2.19. The first kappa shape index (κ1) is 14.5. The Balaban J connectivity index is 1.54. The third-order valence-electron chi connectivity index (χ3n) is 4.06. The van der Waals surface area contributed by atoms with Crippen molar-refractivity contribution in [1.82, 2.24) is 14.7 Å². The highest BCUT2D eigenvalue weighted by molar-refractivity contribution is 7.98. The Morgan fingerprint density at radius 3 is 3.09 bits per heavy atom. The molecule has 0 saturated heterocycles. The zero-order valence-corrected chi connectivity index (χ0v) is 13.4. The van der Waals surface area contributed by atoms with E-state index in [1.54, 1.807) is 24.0 Å². The SMILES string of the molecule is Fc1cccc(-n2ccnc2SCc2noc3c2CCCC3)c1. The van der Waals surface area contributed by atoms with Crippen LogP contribution < -0.4 is 0 Å². The fourth-order valence-corrected chi connectivity index (χ4v) is 3.85. The van der Waals surface area contributed by atoms with Crippen molar-refractivity contribution < 1.29 is 8.91 Å². The van der Waals surface area contributed by atoms with E-state index in [9.17, 15) is 4.39 Å². The van der Waals surface area contributed by atoms with Gasteiger partial charge in [0.2, 0.25) is 0 Å². The van der Waals surface area contributed by atoms with Crippen molar-refractivity contribution in [2.45, 2.75) is 36.6 Å². The molecule has 1 aliphatic rings. The molecule has 1 aliphatic carbocycles. The summed E-state index contributed by atoms with van der Waals surface area (Å²) in [6.07, 6.45) is 7.99. The van der Waals surface area contributed by atoms with Gasteiger partial charge < -0.3 is 4.52 Å². The minimum Gasteiger partial charge on any atom is -0.361 e. The maximum Gasteiger partial charge on any atom is 0.172 e. The molecule has 0 unspecified atom stereocenters. The van der Waals surface area contributed by atoms with Gasteiger partial charge in [-0.25, -0.2) is 9.37 Å². The maximum atomic E-state index is 13.4. The third kappa shape index (κ3) is 2.91. The van der Waals surface area contributed by atoms with Gasteiger partial charge in [0.1, 0.15) is 11.6 Å². The van der Waals surface area contributed by atoms with E-state index in [4.69, 9.17) is 4.52 Å². The average Bonchev–Trinajstić information content (AvgIpc) is 3.20. The molecule has 0 bridgehead atoms. The van der Waals surface area contributed by atoms with Crippen molar-refractivity contribution >= 4 is 11.8 Å². The van der Waals surface area contributed by atoms with Crippen molar-refractivity contribution in [3.8, 4) is 5.69 Å². The predicted molar refractivity (Wildman–Crippen MR) is 86.2 cm³/mol. The van der Waals surface area contributed by atoms with E-state index in [0.29, 0.717) is 5.75 Å². The summed E-state index contributed by atoms with van der Waals surface area (Å²) in [6.45, 7) is 0. The van der Waals surface area contributed by atoms with E-state index in [2.05, 4.69) is 10.1 Å². The van der Waals surface area contributed by atoms with Crippen molar-refractivity contribution in [2.75, 3.05) is 0 Å². The van der Waals surface area contributed by atoms with Crippen LogP contribution in [0.1, 0.15) is 29.9 Å². The zero-order valence-electron chi connectivity index (χ0n) is 12.5. The van der Waals surface area contributed by atoms with Gasteiger partial charge in [0, 0.05) is 30.1 Å². The van der Waals surface area contributed by atoms with Crippen LogP contribution >= 0.6 is 11.8 Å². The smallest absolute Gasteiger partial charge is 0.172 e. The molecule has 0 atom stereocenters. The Morgan fingerprint density at radius 2 is 2.17 bits per heavy atom. The molecule has 0 amide bonds. The topological polar surface area (TPSA) is 43.9 Å². The Kier molecular flexibility index (Phi) is 3.91. The standard InChI is InChI=1S/C17H16FN3OS/c18-12-4-3-5-13(10-12)21-9-8-19-17(21)23-11-15-14-6-1-2-7-16(14)22-20-15/h3-5,8-10H,1-2,6-7,11H2. The van der Waals surface area contributed by atoms with Crippen molar-refractivity contribution in [1.29, 1.82) is 0 Å². The number of benzene rings is 1. The van der Waals surface area contributed by atoms with Gasteiger partial charge in [-0.05, 0) is 37.5 Å². The number of halogens is 1. The summed E-state index contributed by atoms with van der Waals surface area (Å²) in [6, 6.07) is 6.51. The van der Waals surface area contributed by atoms with Crippen LogP contribution in [0.25, 0.3) is 5.69 Å². The fraction of sp³-hybridized carbons (Fsp3) is 0.294. The van der Waals surface area contributed by atoms with Gasteiger partial charge in [-0.1, -0.05) is 23.0 Å². The molecule has 4 rings (SSSR count). The van der Waals surface area contributed by atoms with Crippen LogP contribution in [0.5, 0.6) is 0 Å². The Labute approximate surface area is 137 Å². The van der Waals surface area contributed by atoms with E-state index >= 15 is 0 Å². The molecule has 0 radical (unpaired) electrons. The molecule has 6 heteroatoms. The Hall–Kier alpha value is -2.08. The largest absolute Gasteiger partial charge is 0.361 e. The van der Waals surface area contributed by atoms with Gasteiger partial charge in [-0.15, -0.1) is 0 Å². The van der Waals surface area contributed by atoms with Crippen LogP contribution in [0.4, 0.5) is 4.39 Å². The predicted octanol–water partition coefficient (Wildman–Crippen LogP) is 4.17. The number of hydrogen-bond acceptors (Lipinski definition) is 4. The van der Waals surface area contributed by atoms with Crippen LogP contribution in [0, 0.1) is 5.82 Å². The molecule has 2 heterocycles. The molecule has 0 spiro atoms. The van der Waals surface area contributed by atoms with Gasteiger partial charge in [-0.2, -0.15) is 0 Å². The van der Waals surface area contributed by atoms with Crippen LogP contribution in [0.2, 0.25) is 0 Å². The monoisotopic (exact) mass is 329 g/mol. The Morgan fingerprint density at radius 1 is 1.26 bits per heavy atom. The first-order chi connectivity index (χ1) is 11.3. The lowest BCUT2D eigenvalue weighted by molar-refractivity contribution is 0.369. The molecule has 2 aromatic heterocycles. The number of nitrogens with zero attached hydrogens (tertiary/aromatic N) is 3. The molecule has 3 aromatic rings. The maximum absolute atomic E-state index is 13.4. The first-order valence-corrected chi connectivity index (χ1v) is 8.68. The summed E-state index contributed by atoms with van der Waals surface area (Å²) in [5, 5.41) is 5.04. The summed E-state index contributed by atoms with van der Waals surface area (Å²) in [5.41, 5.74) is 3.05. The second-order valence-electron chi connectivity index (χ2n) is 5.59. The highest BCUT2D eigenvalue weighted by atomic mass is 32.2. The average molecular weight is 329 g/mol. The lowest BCUT2D eigenvalue weighted by Crippen LogP contribution is -2.01. The number of aryl methyl sites for hydroxylation is 1. The highest BCUT2D eigenvalue weighted by Crippen LogP contribution is 2.29. The molecule has 4 nitrogen and oxygen atoms in total. The molecular formula is C17H16FN3OS. The van der Waals surface area contributed by atoms with Crippen LogP contribution in [-0.4, -0.2) is 14.7 Å². The number of aromatic nitrogens is 3. The quantitative estimate of drug-likeness (QED) is 0.674. The van der Waals surface area contributed by atoms with Crippen molar-refractivity contribution in [2.24, 2.45) is 0 Å². The van der Waals surface area contributed by atoms with Gasteiger partial charge in [-0.3, -0.25) is 4.57 Å².